The minimum absolute atomic E-state index is 0.145. The van der Waals surface area contributed by atoms with E-state index in [-0.39, 0.29) is 5.91 Å². The number of carbonyl (C=O) groups excluding carboxylic acids is 1. The molecule has 33 heavy (non-hydrogen) atoms. The Morgan fingerprint density at radius 2 is 1.36 bits per heavy atom. The van der Waals surface area contributed by atoms with Crippen LogP contribution in [0.5, 0.6) is 0 Å². The maximum Gasteiger partial charge on any atom is 0.256 e. The van der Waals surface area contributed by atoms with Gasteiger partial charge < -0.3 is 16.0 Å². The van der Waals surface area contributed by atoms with Gasteiger partial charge in [-0.1, -0.05) is 42.5 Å². The van der Waals surface area contributed by atoms with E-state index in [1.54, 1.807) is 12.3 Å². The molecule has 3 N–H and O–H groups in total. The van der Waals surface area contributed by atoms with Crippen LogP contribution in [0.2, 0.25) is 0 Å². The molecule has 0 aliphatic rings. The largest absolute Gasteiger partial charge is 0.340 e. The topological polar surface area (TPSA) is 91.8 Å². The average molecular weight is 432 g/mol. The molecule has 0 aliphatic heterocycles. The van der Waals surface area contributed by atoms with Crippen LogP contribution < -0.4 is 16.0 Å². The predicted octanol–water partition coefficient (Wildman–Crippen LogP) is 5.76. The lowest BCUT2D eigenvalue weighted by molar-refractivity contribution is 0.102. The summed E-state index contributed by atoms with van der Waals surface area (Å²) < 4.78 is 0. The molecule has 3 aromatic carbocycles. The Bertz CT molecular complexity index is 1400. The second-order valence-electron chi connectivity index (χ2n) is 7.31. The highest BCUT2D eigenvalue weighted by Crippen LogP contribution is 2.22. The van der Waals surface area contributed by atoms with Crippen LogP contribution in [0.25, 0.3) is 10.8 Å². The molecule has 2 aromatic heterocycles. The van der Waals surface area contributed by atoms with Crippen LogP contribution in [0.1, 0.15) is 10.4 Å². The number of carbonyl (C=O) groups is 1. The summed E-state index contributed by atoms with van der Waals surface area (Å²) in [7, 11) is 0. The van der Waals surface area contributed by atoms with E-state index in [9.17, 15) is 4.79 Å². The number of aromatic nitrogens is 3. The molecule has 2 heterocycles. The van der Waals surface area contributed by atoms with Crippen molar-refractivity contribution in [1.82, 2.24) is 15.0 Å². The van der Waals surface area contributed by atoms with E-state index in [0.29, 0.717) is 28.7 Å². The number of fused-ring (bicyclic) bond motifs is 1. The zero-order valence-electron chi connectivity index (χ0n) is 17.6. The Morgan fingerprint density at radius 1 is 0.636 bits per heavy atom. The SMILES string of the molecule is O=C(Nc1ccc(Nc2cc(Nc3ccccn3)ncn2)cc1)c1cccc2ccccc12. The van der Waals surface area contributed by atoms with Gasteiger partial charge in [-0.25, -0.2) is 15.0 Å². The third kappa shape index (κ3) is 4.77. The summed E-state index contributed by atoms with van der Waals surface area (Å²) in [5.41, 5.74) is 2.18. The first-order chi connectivity index (χ1) is 16.2. The van der Waals surface area contributed by atoms with Crippen LogP contribution in [0.4, 0.5) is 28.8 Å². The first-order valence-corrected chi connectivity index (χ1v) is 10.4. The maximum absolute atomic E-state index is 12.8. The van der Waals surface area contributed by atoms with E-state index in [2.05, 4.69) is 30.9 Å². The van der Waals surface area contributed by atoms with Gasteiger partial charge in [0, 0.05) is 29.2 Å². The van der Waals surface area contributed by atoms with E-state index in [1.165, 1.54) is 6.33 Å². The molecule has 7 nitrogen and oxygen atoms in total. The Kier molecular flexibility index (Phi) is 5.59. The van der Waals surface area contributed by atoms with Crippen LogP contribution in [0.15, 0.2) is 104 Å². The van der Waals surface area contributed by atoms with Crippen LogP contribution in [-0.2, 0) is 0 Å². The first-order valence-electron chi connectivity index (χ1n) is 10.4. The van der Waals surface area contributed by atoms with Crippen molar-refractivity contribution in [2.75, 3.05) is 16.0 Å². The number of hydrogen-bond acceptors (Lipinski definition) is 6. The van der Waals surface area contributed by atoms with Gasteiger partial charge in [0.1, 0.15) is 23.8 Å². The normalized spacial score (nSPS) is 10.5. The fourth-order valence-electron chi connectivity index (χ4n) is 3.47. The predicted molar refractivity (Wildman–Crippen MR) is 131 cm³/mol. The third-order valence-electron chi connectivity index (χ3n) is 5.04. The number of rotatable bonds is 6. The quantitative estimate of drug-likeness (QED) is 0.316. The van der Waals surface area contributed by atoms with E-state index in [0.717, 1.165) is 16.5 Å². The minimum atomic E-state index is -0.145. The smallest absolute Gasteiger partial charge is 0.256 e. The van der Waals surface area contributed by atoms with Crippen LogP contribution in [-0.4, -0.2) is 20.9 Å². The van der Waals surface area contributed by atoms with Crippen LogP contribution in [0.3, 0.4) is 0 Å². The van der Waals surface area contributed by atoms with Crippen molar-refractivity contribution >= 4 is 45.5 Å². The van der Waals surface area contributed by atoms with Crippen molar-refractivity contribution in [1.29, 1.82) is 0 Å². The van der Waals surface area contributed by atoms with E-state index in [1.807, 2.05) is 84.9 Å². The van der Waals surface area contributed by atoms with Gasteiger partial charge in [-0.15, -0.1) is 0 Å². The second-order valence-corrected chi connectivity index (χ2v) is 7.31. The molecule has 1 amide bonds. The van der Waals surface area contributed by atoms with E-state index < -0.39 is 0 Å². The van der Waals surface area contributed by atoms with E-state index >= 15 is 0 Å². The van der Waals surface area contributed by atoms with Gasteiger partial charge in [-0.3, -0.25) is 4.79 Å². The standard InChI is InChI=1S/C26H20N6O/c33-26(22-9-5-7-18-6-1-2-8-21(18)22)31-20-13-11-19(12-14-20)30-24-16-25(29-17-28-24)32-23-10-3-4-15-27-23/h1-17H,(H,31,33)(H2,27,28,29,30,32). The Morgan fingerprint density at radius 3 is 2.18 bits per heavy atom. The lowest BCUT2D eigenvalue weighted by atomic mass is 10.0. The molecule has 5 rings (SSSR count). The average Bonchev–Trinajstić information content (AvgIpc) is 2.86. The highest BCUT2D eigenvalue weighted by atomic mass is 16.1. The summed E-state index contributed by atoms with van der Waals surface area (Å²) in [5.74, 6) is 1.82. The second kappa shape index (κ2) is 9.15. The summed E-state index contributed by atoms with van der Waals surface area (Å²) >= 11 is 0. The van der Waals surface area contributed by atoms with Crippen molar-refractivity contribution < 1.29 is 4.79 Å². The number of nitrogens with zero attached hydrogens (tertiary/aromatic N) is 3. The Hall–Kier alpha value is -4.78. The minimum Gasteiger partial charge on any atom is -0.340 e. The third-order valence-corrected chi connectivity index (χ3v) is 5.04. The first kappa shape index (κ1) is 20.1. The highest BCUT2D eigenvalue weighted by molar-refractivity contribution is 6.12. The van der Waals surface area contributed by atoms with Gasteiger partial charge in [-0.05, 0) is 53.2 Å². The summed E-state index contributed by atoms with van der Waals surface area (Å²) in [5, 5.41) is 11.3. The Balaban J connectivity index is 1.26. The van der Waals surface area contributed by atoms with Crippen molar-refractivity contribution in [2.45, 2.75) is 0 Å². The molecule has 0 aliphatic carbocycles. The number of anilines is 5. The molecule has 0 radical (unpaired) electrons. The number of benzene rings is 3. The summed E-state index contributed by atoms with van der Waals surface area (Å²) in [6.45, 7) is 0. The zero-order valence-corrected chi connectivity index (χ0v) is 17.6. The molecule has 0 bridgehead atoms. The van der Waals surface area contributed by atoms with E-state index in [4.69, 9.17) is 0 Å². The number of hydrogen-bond donors (Lipinski definition) is 3. The summed E-state index contributed by atoms with van der Waals surface area (Å²) in [4.78, 5) is 25.6. The lowest BCUT2D eigenvalue weighted by Crippen LogP contribution is -2.12. The molecule has 0 spiro atoms. The molecule has 160 valence electrons. The zero-order chi connectivity index (χ0) is 22.5. The fourth-order valence-corrected chi connectivity index (χ4v) is 3.47. The molecule has 0 atom stereocenters. The molecule has 7 heteroatoms. The van der Waals surface area contributed by atoms with Gasteiger partial charge in [-0.2, -0.15) is 0 Å². The van der Waals surface area contributed by atoms with Gasteiger partial charge in [0.15, 0.2) is 0 Å². The highest BCUT2D eigenvalue weighted by Gasteiger charge is 2.10. The van der Waals surface area contributed by atoms with Gasteiger partial charge in [0.2, 0.25) is 0 Å². The molecule has 0 unspecified atom stereocenters. The fraction of sp³-hybridized carbons (Fsp3) is 0. The monoisotopic (exact) mass is 432 g/mol. The van der Waals surface area contributed by atoms with Crippen molar-refractivity contribution in [2.24, 2.45) is 0 Å². The molecule has 5 aromatic rings. The van der Waals surface area contributed by atoms with Gasteiger partial charge >= 0.3 is 0 Å². The molecule has 0 saturated heterocycles. The van der Waals surface area contributed by atoms with Crippen LogP contribution in [0, 0.1) is 0 Å². The summed E-state index contributed by atoms with van der Waals surface area (Å²) in [6, 6.07) is 28.4. The molecule has 0 saturated carbocycles. The summed E-state index contributed by atoms with van der Waals surface area (Å²) in [6.07, 6.45) is 3.19. The molecular weight excluding hydrogens is 412 g/mol. The Labute approximate surface area is 190 Å². The number of nitrogens with one attached hydrogen (secondary N) is 3. The van der Waals surface area contributed by atoms with Crippen LogP contribution >= 0.6 is 0 Å². The van der Waals surface area contributed by atoms with Gasteiger partial charge in [0.05, 0.1) is 0 Å². The number of amides is 1. The molecular formula is C26H20N6O. The van der Waals surface area contributed by atoms with Crippen molar-refractivity contribution in [3.8, 4) is 0 Å². The number of pyridine rings is 1. The van der Waals surface area contributed by atoms with Gasteiger partial charge in [0.25, 0.3) is 5.91 Å². The van der Waals surface area contributed by atoms with Crippen molar-refractivity contribution in [3.63, 3.8) is 0 Å². The maximum atomic E-state index is 12.8. The lowest BCUT2D eigenvalue weighted by Gasteiger charge is -2.10. The van der Waals surface area contributed by atoms with Crippen molar-refractivity contribution in [3.05, 3.63) is 109 Å². The molecule has 0 fully saturated rings.